The highest BCUT2D eigenvalue weighted by molar-refractivity contribution is 6.63. The van der Waals surface area contributed by atoms with Crippen LogP contribution in [0.3, 0.4) is 0 Å². The molecule has 0 aliphatic carbocycles. The molecule has 0 unspecified atom stereocenters. The van der Waals surface area contributed by atoms with Gasteiger partial charge in [-0.2, -0.15) is 0 Å². The normalized spacial score (nSPS) is 6.71. The number of hydrogen-bond acceptors (Lipinski definition) is 5. The highest BCUT2D eigenvalue weighted by Gasteiger charge is 1.79. The van der Waals surface area contributed by atoms with E-state index in [1.165, 1.54) is 0 Å². The number of carboxylic acid groups (broad SMARTS) is 5. The van der Waals surface area contributed by atoms with Gasteiger partial charge in [0.15, 0.2) is 4.30 Å². The molecule has 0 atom stereocenters. The minimum absolute atomic E-state index is 0.750. The summed E-state index contributed by atoms with van der Waals surface area (Å²) in [5, 5.41) is 37.1. The van der Waals surface area contributed by atoms with Gasteiger partial charge in [-0.05, 0) is 0 Å². The van der Waals surface area contributed by atoms with Gasteiger partial charge in [0.2, 0.25) is 0 Å². The summed E-state index contributed by atoms with van der Waals surface area (Å²) >= 11 is 14.4. The Morgan fingerprint density at radius 2 is 0.500 bits per heavy atom. The van der Waals surface area contributed by atoms with Gasteiger partial charge in [0.25, 0.3) is 29.8 Å². The minimum atomic E-state index is -0.833. The molecular weight excluding hydrogens is 398 g/mol. The molecule has 0 aromatic rings. The second-order valence-corrected chi connectivity index (χ2v) is 4.82. The second-order valence-electron chi connectivity index (χ2n) is 2.84. The van der Waals surface area contributed by atoms with E-state index in [0.29, 0.717) is 0 Å². The zero-order valence-electron chi connectivity index (χ0n) is 13.5. The van der Waals surface area contributed by atoms with Crippen LogP contribution in [0.4, 0.5) is 0 Å². The molecule has 0 heterocycles. The number of alkyl halides is 3. The minimum Gasteiger partial charge on any atom is -0.481 e. The number of carbonyl (C=O) groups is 5. The van der Waals surface area contributed by atoms with Crippen LogP contribution in [-0.4, -0.2) is 59.7 Å². The molecule has 0 spiro atoms. The maximum atomic E-state index is 9.00. The number of aliphatic carboxylic acids is 5. The molecule has 0 rings (SSSR count). The topological polar surface area (TPSA) is 186 Å². The Morgan fingerprint density at radius 3 is 0.500 bits per heavy atom. The fourth-order valence-corrected chi connectivity index (χ4v) is 0. The first-order chi connectivity index (χ1) is 10.4. The van der Waals surface area contributed by atoms with Gasteiger partial charge < -0.3 is 25.5 Å². The van der Waals surface area contributed by atoms with Gasteiger partial charge in [-0.25, -0.2) is 0 Å². The van der Waals surface area contributed by atoms with Crippen LogP contribution < -0.4 is 0 Å². The summed E-state index contributed by atoms with van der Waals surface area (Å²) in [6, 6.07) is 0. The van der Waals surface area contributed by atoms with Crippen molar-refractivity contribution in [1.82, 2.24) is 0 Å². The lowest BCUT2D eigenvalue weighted by Gasteiger charge is -1.69. The van der Waals surface area contributed by atoms with Crippen molar-refractivity contribution < 1.29 is 49.5 Å². The van der Waals surface area contributed by atoms with Crippen LogP contribution in [0.1, 0.15) is 34.6 Å². The van der Waals surface area contributed by atoms with E-state index in [4.69, 9.17) is 84.3 Å². The Balaban J connectivity index is -0.0000000405. The maximum absolute atomic E-state index is 9.00. The molecule has 146 valence electrons. The first-order valence-corrected chi connectivity index (χ1v) is 6.60. The monoisotopic (exact) mass is 418 g/mol. The van der Waals surface area contributed by atoms with Gasteiger partial charge >= 0.3 is 0 Å². The van der Waals surface area contributed by atoms with Crippen LogP contribution in [-0.2, 0) is 24.0 Å². The molecule has 24 heavy (non-hydrogen) atoms. The van der Waals surface area contributed by atoms with Crippen molar-refractivity contribution in [3.8, 4) is 0 Å². The fraction of sp³-hybridized carbons (Fsp3) is 0.545. The lowest BCUT2D eigenvalue weighted by atomic mass is 10.9. The predicted octanol–water partition coefficient (Wildman–Crippen LogP) is 2.44. The van der Waals surface area contributed by atoms with Crippen LogP contribution in [0.5, 0.6) is 0 Å². The van der Waals surface area contributed by atoms with Gasteiger partial charge in [-0.15, -0.1) is 0 Å². The number of hydrogen-bond donors (Lipinski definition) is 5. The van der Waals surface area contributed by atoms with Crippen LogP contribution in [0.25, 0.3) is 0 Å². The standard InChI is InChI=1S/5C2H4O2.CHCl3/c5*1-2(3)4;2-1(3)4/h5*1H3,(H,3,4);1H. The highest BCUT2D eigenvalue weighted by atomic mass is 35.6. The van der Waals surface area contributed by atoms with Crippen LogP contribution >= 0.6 is 34.8 Å². The van der Waals surface area contributed by atoms with E-state index >= 15 is 0 Å². The number of halogens is 3. The van der Waals surface area contributed by atoms with Crippen molar-refractivity contribution in [3.63, 3.8) is 0 Å². The third kappa shape index (κ3) is 2360. The Labute approximate surface area is 153 Å². The number of carboxylic acids is 5. The van der Waals surface area contributed by atoms with Crippen LogP contribution in [0, 0.1) is 0 Å². The van der Waals surface area contributed by atoms with Crippen molar-refractivity contribution in [2.45, 2.75) is 38.9 Å². The molecular formula is C11H21Cl3O10. The molecule has 0 fully saturated rings. The third-order valence-electron chi connectivity index (χ3n) is 0. The summed E-state index contributed by atoms with van der Waals surface area (Å²) in [6.45, 7) is 5.42. The molecule has 0 bridgehead atoms. The zero-order valence-corrected chi connectivity index (χ0v) is 15.8. The van der Waals surface area contributed by atoms with Crippen LogP contribution in [0.15, 0.2) is 0 Å². The molecule has 0 saturated heterocycles. The van der Waals surface area contributed by atoms with Crippen molar-refractivity contribution in [1.29, 1.82) is 0 Å². The average molecular weight is 420 g/mol. The largest absolute Gasteiger partial charge is 0.481 e. The van der Waals surface area contributed by atoms with Crippen molar-refractivity contribution in [3.05, 3.63) is 0 Å². The van der Waals surface area contributed by atoms with Crippen molar-refractivity contribution in [2.24, 2.45) is 0 Å². The van der Waals surface area contributed by atoms with E-state index in [-0.39, 0.29) is 0 Å². The second kappa shape index (κ2) is 33.0. The SMILES string of the molecule is CC(=O)O.CC(=O)O.CC(=O)O.CC(=O)O.CC(=O)O.ClC(Cl)Cl. The van der Waals surface area contributed by atoms with Crippen molar-refractivity contribution in [2.75, 3.05) is 0 Å². The molecule has 0 aliphatic rings. The maximum Gasteiger partial charge on any atom is 0.300 e. The Morgan fingerprint density at radius 1 is 0.500 bits per heavy atom. The fourth-order valence-electron chi connectivity index (χ4n) is 0. The predicted molar refractivity (Wildman–Crippen MR) is 87.9 cm³/mol. The van der Waals surface area contributed by atoms with E-state index in [1.807, 2.05) is 0 Å². The van der Waals surface area contributed by atoms with Gasteiger partial charge in [-0.1, -0.05) is 34.8 Å². The molecule has 0 saturated carbocycles. The van der Waals surface area contributed by atoms with Gasteiger partial charge in [-0.3, -0.25) is 24.0 Å². The summed E-state index contributed by atoms with van der Waals surface area (Å²) < 4.78 is -0.750. The Bertz CT molecular complexity index is 253. The summed E-state index contributed by atoms with van der Waals surface area (Å²) in [4.78, 5) is 45.0. The first-order valence-electron chi connectivity index (χ1n) is 5.29. The lowest BCUT2D eigenvalue weighted by molar-refractivity contribution is -0.135. The number of rotatable bonds is 0. The summed E-state index contributed by atoms with van der Waals surface area (Å²) in [5.41, 5.74) is 0. The Kier molecular flexibility index (Phi) is 52.3. The lowest BCUT2D eigenvalue weighted by Crippen LogP contribution is -1.78. The van der Waals surface area contributed by atoms with E-state index in [0.717, 1.165) is 34.6 Å². The highest BCUT2D eigenvalue weighted by Crippen LogP contribution is 2.03. The summed E-state index contributed by atoms with van der Waals surface area (Å²) in [6.07, 6.45) is 0. The Hall–Kier alpha value is -1.78. The van der Waals surface area contributed by atoms with Crippen LogP contribution in [0.2, 0.25) is 0 Å². The third-order valence-corrected chi connectivity index (χ3v) is 0. The molecule has 10 nitrogen and oxygen atoms in total. The molecule has 5 N–H and O–H groups in total. The van der Waals surface area contributed by atoms with Gasteiger partial charge in [0.1, 0.15) is 0 Å². The first kappa shape index (κ1) is 38.0. The molecule has 0 amide bonds. The van der Waals surface area contributed by atoms with Gasteiger partial charge in [0.05, 0.1) is 0 Å². The molecule has 0 aromatic heterocycles. The molecule has 0 aromatic carbocycles. The quantitative estimate of drug-likeness (QED) is 0.365. The summed E-state index contributed by atoms with van der Waals surface area (Å²) in [7, 11) is 0. The van der Waals surface area contributed by atoms with Gasteiger partial charge in [0, 0.05) is 34.6 Å². The van der Waals surface area contributed by atoms with Crippen molar-refractivity contribution >= 4 is 64.6 Å². The molecule has 13 heteroatoms. The average Bonchev–Trinajstić information content (AvgIpc) is 2.08. The van der Waals surface area contributed by atoms with E-state index in [2.05, 4.69) is 0 Å². The molecule has 0 radical (unpaired) electrons. The molecule has 0 aliphatic heterocycles. The van der Waals surface area contributed by atoms with E-state index < -0.39 is 34.1 Å². The van der Waals surface area contributed by atoms with E-state index in [1.54, 1.807) is 0 Å². The van der Waals surface area contributed by atoms with E-state index in [9.17, 15) is 0 Å². The zero-order chi connectivity index (χ0) is 21.5. The summed E-state index contributed by atoms with van der Waals surface area (Å²) in [5.74, 6) is -4.17. The smallest absolute Gasteiger partial charge is 0.300 e.